The van der Waals surface area contributed by atoms with E-state index in [4.69, 9.17) is 21.4 Å². The minimum absolute atomic E-state index is 0.00399. The zero-order chi connectivity index (χ0) is 15.5. The second kappa shape index (κ2) is 10.2. The molecule has 1 aromatic rings. The van der Waals surface area contributed by atoms with Gasteiger partial charge in [0.1, 0.15) is 0 Å². The molecule has 0 aliphatic heterocycles. The van der Waals surface area contributed by atoms with Gasteiger partial charge in [-0.25, -0.2) is 0 Å². The fourth-order valence-corrected chi connectivity index (χ4v) is 1.74. The largest absolute Gasteiger partial charge is 0.395 e. The minimum atomic E-state index is -0.126. The highest BCUT2D eigenvalue weighted by Crippen LogP contribution is 2.20. The van der Waals surface area contributed by atoms with Crippen molar-refractivity contribution in [2.75, 3.05) is 25.1 Å². The zero-order valence-electron chi connectivity index (χ0n) is 12.1. The average molecular weight is 310 g/mol. The molecule has 1 amide bonds. The summed E-state index contributed by atoms with van der Waals surface area (Å²) in [5.41, 5.74) is 1.25. The summed E-state index contributed by atoms with van der Waals surface area (Å²) >= 11 is 5.93. The summed E-state index contributed by atoms with van der Waals surface area (Å²) in [5.74, 6) is 5.59. The third kappa shape index (κ3) is 7.14. The SMILES string of the molecule is CCCOCCC(=O)Nc1ccc(Cl)cc1C#CCCO. The van der Waals surface area contributed by atoms with Gasteiger partial charge in [-0.1, -0.05) is 30.4 Å². The number of aliphatic hydroxyl groups excluding tert-OH is 1. The molecule has 2 N–H and O–H groups in total. The van der Waals surface area contributed by atoms with Crippen LogP contribution in [0.4, 0.5) is 5.69 Å². The lowest BCUT2D eigenvalue weighted by Crippen LogP contribution is -2.15. The maximum absolute atomic E-state index is 11.8. The summed E-state index contributed by atoms with van der Waals surface area (Å²) in [6.45, 7) is 3.08. The Morgan fingerprint density at radius 1 is 1.43 bits per heavy atom. The van der Waals surface area contributed by atoms with E-state index in [-0.39, 0.29) is 12.5 Å². The van der Waals surface area contributed by atoms with Crippen LogP contribution in [0, 0.1) is 11.8 Å². The van der Waals surface area contributed by atoms with Gasteiger partial charge in [0.2, 0.25) is 5.91 Å². The number of halogens is 1. The van der Waals surface area contributed by atoms with Gasteiger partial charge in [0.05, 0.1) is 25.3 Å². The number of amides is 1. The number of aliphatic hydroxyl groups is 1. The summed E-state index contributed by atoms with van der Waals surface area (Å²) < 4.78 is 5.28. The lowest BCUT2D eigenvalue weighted by atomic mass is 10.1. The predicted molar refractivity (Wildman–Crippen MR) is 84.4 cm³/mol. The molecule has 5 heteroatoms. The summed E-state index contributed by atoms with van der Waals surface area (Å²) in [5, 5.41) is 12.1. The number of hydrogen-bond acceptors (Lipinski definition) is 3. The highest BCUT2D eigenvalue weighted by atomic mass is 35.5. The first-order chi connectivity index (χ1) is 10.2. The monoisotopic (exact) mass is 309 g/mol. The maximum Gasteiger partial charge on any atom is 0.226 e. The number of carbonyl (C=O) groups excluding carboxylic acids is 1. The molecular weight excluding hydrogens is 290 g/mol. The Labute approximate surface area is 130 Å². The summed E-state index contributed by atoms with van der Waals surface area (Å²) in [6.07, 6.45) is 1.61. The summed E-state index contributed by atoms with van der Waals surface area (Å²) in [7, 11) is 0. The molecule has 0 atom stereocenters. The standard InChI is InChI=1S/C16H20ClNO3/c1-2-10-21-11-8-16(20)18-15-7-6-14(17)12-13(15)5-3-4-9-19/h6-7,12,19H,2,4,8-11H2,1H3,(H,18,20). The highest BCUT2D eigenvalue weighted by Gasteiger charge is 2.06. The average Bonchev–Trinajstić information content (AvgIpc) is 2.47. The molecule has 0 saturated carbocycles. The first kappa shape index (κ1) is 17.5. The first-order valence-corrected chi connectivity index (χ1v) is 7.32. The van der Waals surface area contributed by atoms with Gasteiger partial charge >= 0.3 is 0 Å². The fourth-order valence-electron chi connectivity index (χ4n) is 1.57. The van der Waals surface area contributed by atoms with Gasteiger partial charge < -0.3 is 15.2 Å². The van der Waals surface area contributed by atoms with Gasteiger partial charge in [0, 0.05) is 23.6 Å². The van der Waals surface area contributed by atoms with Crippen molar-refractivity contribution >= 4 is 23.2 Å². The number of anilines is 1. The molecule has 1 rings (SSSR count). The van der Waals surface area contributed by atoms with Gasteiger partial charge in [0.15, 0.2) is 0 Å². The van der Waals surface area contributed by atoms with Crippen LogP contribution in [0.15, 0.2) is 18.2 Å². The lowest BCUT2D eigenvalue weighted by molar-refractivity contribution is -0.117. The van der Waals surface area contributed by atoms with Crippen molar-refractivity contribution in [2.45, 2.75) is 26.2 Å². The van der Waals surface area contributed by atoms with Crippen LogP contribution in [0.25, 0.3) is 0 Å². The predicted octanol–water partition coefficient (Wildman–Crippen LogP) is 2.83. The van der Waals surface area contributed by atoms with E-state index in [0.717, 1.165) is 6.42 Å². The number of carbonyl (C=O) groups is 1. The normalized spacial score (nSPS) is 9.86. The number of benzene rings is 1. The third-order valence-corrected chi connectivity index (χ3v) is 2.77. The van der Waals surface area contributed by atoms with E-state index in [1.165, 1.54) is 0 Å². The molecule has 0 unspecified atom stereocenters. The second-order valence-electron chi connectivity index (χ2n) is 4.38. The van der Waals surface area contributed by atoms with E-state index < -0.39 is 0 Å². The fraction of sp³-hybridized carbons (Fsp3) is 0.438. The third-order valence-electron chi connectivity index (χ3n) is 2.54. The molecule has 0 bridgehead atoms. The number of hydrogen-bond donors (Lipinski definition) is 2. The Morgan fingerprint density at radius 3 is 2.95 bits per heavy atom. The molecule has 0 radical (unpaired) electrons. The van der Waals surface area contributed by atoms with Crippen LogP contribution >= 0.6 is 11.6 Å². The molecule has 4 nitrogen and oxygen atoms in total. The van der Waals surface area contributed by atoms with Crippen LogP contribution in [0.2, 0.25) is 5.02 Å². The Hall–Kier alpha value is -1.54. The van der Waals surface area contributed by atoms with E-state index in [1.807, 2.05) is 6.92 Å². The molecule has 1 aromatic carbocycles. The van der Waals surface area contributed by atoms with Crippen LogP contribution in [-0.2, 0) is 9.53 Å². The van der Waals surface area contributed by atoms with Crippen molar-refractivity contribution in [3.63, 3.8) is 0 Å². The smallest absolute Gasteiger partial charge is 0.226 e. The van der Waals surface area contributed by atoms with E-state index >= 15 is 0 Å². The highest BCUT2D eigenvalue weighted by molar-refractivity contribution is 6.30. The van der Waals surface area contributed by atoms with Gasteiger partial charge in [-0.15, -0.1) is 0 Å². The van der Waals surface area contributed by atoms with Crippen LogP contribution in [0.5, 0.6) is 0 Å². The van der Waals surface area contributed by atoms with Gasteiger partial charge in [-0.2, -0.15) is 0 Å². The molecular formula is C16H20ClNO3. The van der Waals surface area contributed by atoms with Gasteiger partial charge in [-0.3, -0.25) is 4.79 Å². The number of ether oxygens (including phenoxy) is 1. The Morgan fingerprint density at radius 2 is 2.24 bits per heavy atom. The van der Waals surface area contributed by atoms with Crippen LogP contribution < -0.4 is 5.32 Å². The lowest BCUT2D eigenvalue weighted by Gasteiger charge is -2.08. The Balaban J connectivity index is 2.65. The van der Waals surface area contributed by atoms with E-state index in [9.17, 15) is 4.79 Å². The molecule has 0 aliphatic rings. The van der Waals surface area contributed by atoms with Crippen molar-refractivity contribution in [3.05, 3.63) is 28.8 Å². The van der Waals surface area contributed by atoms with E-state index in [0.29, 0.717) is 42.3 Å². The molecule has 21 heavy (non-hydrogen) atoms. The zero-order valence-corrected chi connectivity index (χ0v) is 12.9. The van der Waals surface area contributed by atoms with Crippen molar-refractivity contribution in [1.82, 2.24) is 0 Å². The molecule has 114 valence electrons. The van der Waals surface area contributed by atoms with Crippen LogP contribution in [0.1, 0.15) is 31.7 Å². The van der Waals surface area contributed by atoms with Gasteiger partial charge in [-0.05, 0) is 24.6 Å². The second-order valence-corrected chi connectivity index (χ2v) is 4.81. The van der Waals surface area contributed by atoms with Crippen molar-refractivity contribution in [3.8, 4) is 11.8 Å². The number of nitrogens with one attached hydrogen (secondary N) is 1. The summed E-state index contributed by atoms with van der Waals surface area (Å²) in [4.78, 5) is 11.8. The molecule has 0 fully saturated rings. The quantitative estimate of drug-likeness (QED) is 0.601. The number of rotatable bonds is 7. The van der Waals surface area contributed by atoms with E-state index in [1.54, 1.807) is 18.2 Å². The Kier molecular flexibility index (Phi) is 8.53. The topological polar surface area (TPSA) is 58.6 Å². The van der Waals surface area contributed by atoms with Crippen molar-refractivity contribution < 1.29 is 14.6 Å². The molecule has 0 spiro atoms. The van der Waals surface area contributed by atoms with Gasteiger partial charge in [0.25, 0.3) is 0 Å². The molecule has 0 heterocycles. The van der Waals surface area contributed by atoms with Crippen LogP contribution in [-0.4, -0.2) is 30.8 Å². The molecule has 0 aliphatic carbocycles. The Bertz CT molecular complexity index is 520. The van der Waals surface area contributed by atoms with Crippen molar-refractivity contribution in [1.29, 1.82) is 0 Å². The minimum Gasteiger partial charge on any atom is -0.395 e. The van der Waals surface area contributed by atoms with Crippen molar-refractivity contribution in [2.24, 2.45) is 0 Å². The van der Waals surface area contributed by atoms with E-state index in [2.05, 4.69) is 17.2 Å². The van der Waals surface area contributed by atoms with Crippen LogP contribution in [0.3, 0.4) is 0 Å². The first-order valence-electron chi connectivity index (χ1n) is 6.94. The molecule has 0 aromatic heterocycles. The maximum atomic E-state index is 11.8. The summed E-state index contributed by atoms with van der Waals surface area (Å²) in [6, 6.07) is 5.10. The molecule has 0 saturated heterocycles.